The molecule has 0 bridgehead atoms. The van der Waals surface area contributed by atoms with Crippen LogP contribution in [0.2, 0.25) is 0 Å². The normalized spacial score (nSPS) is 16.9. The number of ether oxygens (including phenoxy) is 2. The molecular formula is C14H24N2O5. The molecule has 21 heavy (non-hydrogen) atoms. The van der Waals surface area contributed by atoms with Crippen molar-refractivity contribution in [1.29, 1.82) is 0 Å². The minimum absolute atomic E-state index is 0.109. The summed E-state index contributed by atoms with van der Waals surface area (Å²) in [6.45, 7) is 10.6. The summed E-state index contributed by atoms with van der Waals surface area (Å²) in [4.78, 5) is 35.2. The van der Waals surface area contributed by atoms with E-state index in [0.717, 1.165) is 16.3 Å². The minimum Gasteiger partial charge on any atom is -0.442 e. The molecule has 1 rings (SSSR count). The van der Waals surface area contributed by atoms with Gasteiger partial charge in [-0.2, -0.15) is 0 Å². The Kier molecular flexibility index (Phi) is 4.86. The summed E-state index contributed by atoms with van der Waals surface area (Å²) >= 11 is 0. The van der Waals surface area contributed by atoms with Crippen molar-refractivity contribution in [3.63, 3.8) is 0 Å². The molecule has 2 amide bonds. The third-order valence-corrected chi connectivity index (χ3v) is 2.51. The van der Waals surface area contributed by atoms with E-state index >= 15 is 0 Å². The number of carbonyl (C=O) groups excluding carboxylic acids is 3. The first-order chi connectivity index (χ1) is 9.43. The smallest absolute Gasteiger partial charge is 0.429 e. The number of aldehydes is 1. The molecule has 120 valence electrons. The highest BCUT2D eigenvalue weighted by Gasteiger charge is 2.40. The molecule has 0 saturated carbocycles. The second-order valence-electron chi connectivity index (χ2n) is 7.02. The minimum atomic E-state index is -0.685. The molecule has 0 atom stereocenters. The third kappa shape index (κ3) is 5.24. The third-order valence-electron chi connectivity index (χ3n) is 2.51. The number of rotatable bonds is 1. The van der Waals surface area contributed by atoms with E-state index in [0.29, 0.717) is 0 Å². The molecular weight excluding hydrogens is 276 g/mol. The average molecular weight is 300 g/mol. The second kappa shape index (κ2) is 5.91. The predicted molar refractivity (Wildman–Crippen MR) is 75.4 cm³/mol. The standard InChI is InChI=1S/C14H24N2O5/c1-13(2,3)20-11(18)15-7-10(9-17)8-16(15)12(19)21-14(4,5)6/h9-10H,7-8H2,1-6H3. The van der Waals surface area contributed by atoms with E-state index in [1.165, 1.54) is 0 Å². The fourth-order valence-electron chi connectivity index (χ4n) is 1.76. The van der Waals surface area contributed by atoms with Crippen molar-refractivity contribution in [2.75, 3.05) is 13.1 Å². The maximum atomic E-state index is 12.1. The molecule has 0 aromatic rings. The van der Waals surface area contributed by atoms with Gasteiger partial charge in [-0.25, -0.2) is 19.6 Å². The van der Waals surface area contributed by atoms with Gasteiger partial charge in [-0.05, 0) is 41.5 Å². The lowest BCUT2D eigenvalue weighted by molar-refractivity contribution is -0.110. The van der Waals surface area contributed by atoms with Gasteiger partial charge < -0.3 is 14.3 Å². The van der Waals surface area contributed by atoms with E-state index < -0.39 is 29.3 Å². The second-order valence-corrected chi connectivity index (χ2v) is 7.02. The lowest BCUT2D eigenvalue weighted by atomic mass is 10.2. The Hall–Kier alpha value is -1.79. The van der Waals surface area contributed by atoms with Gasteiger partial charge >= 0.3 is 12.2 Å². The molecule has 0 unspecified atom stereocenters. The van der Waals surface area contributed by atoms with Gasteiger partial charge in [-0.1, -0.05) is 0 Å². The zero-order valence-corrected chi connectivity index (χ0v) is 13.5. The van der Waals surface area contributed by atoms with Crippen molar-refractivity contribution in [2.24, 2.45) is 5.92 Å². The first-order valence-corrected chi connectivity index (χ1v) is 6.89. The van der Waals surface area contributed by atoms with Crippen LogP contribution in [-0.4, -0.2) is 52.8 Å². The number of nitrogens with zero attached hydrogens (tertiary/aromatic N) is 2. The Morgan fingerprint density at radius 2 is 1.24 bits per heavy atom. The number of hydrogen-bond donors (Lipinski definition) is 0. The fraction of sp³-hybridized carbons (Fsp3) is 0.786. The monoisotopic (exact) mass is 300 g/mol. The first-order valence-electron chi connectivity index (χ1n) is 6.89. The Bertz CT molecular complexity index is 386. The molecule has 1 heterocycles. The van der Waals surface area contributed by atoms with Crippen molar-refractivity contribution in [2.45, 2.75) is 52.7 Å². The van der Waals surface area contributed by atoms with Crippen molar-refractivity contribution in [1.82, 2.24) is 10.0 Å². The van der Waals surface area contributed by atoms with Gasteiger partial charge in [0.1, 0.15) is 17.5 Å². The zero-order chi connectivity index (χ0) is 16.4. The summed E-state index contributed by atoms with van der Waals surface area (Å²) in [5.41, 5.74) is -1.37. The van der Waals surface area contributed by atoms with Crippen LogP contribution in [0.1, 0.15) is 41.5 Å². The van der Waals surface area contributed by atoms with Gasteiger partial charge in [0.25, 0.3) is 0 Å². The van der Waals surface area contributed by atoms with Gasteiger partial charge in [0.05, 0.1) is 19.0 Å². The van der Waals surface area contributed by atoms with Crippen LogP contribution < -0.4 is 0 Å². The molecule has 7 nitrogen and oxygen atoms in total. The van der Waals surface area contributed by atoms with Gasteiger partial charge in [0.2, 0.25) is 0 Å². The maximum Gasteiger partial charge on any atom is 0.429 e. The lowest BCUT2D eigenvalue weighted by Gasteiger charge is -2.31. The highest BCUT2D eigenvalue weighted by Crippen LogP contribution is 2.22. The quantitative estimate of drug-likeness (QED) is 0.694. The van der Waals surface area contributed by atoms with E-state index in [1.807, 2.05) is 0 Å². The highest BCUT2D eigenvalue weighted by molar-refractivity contribution is 5.76. The molecule has 0 aromatic heterocycles. The van der Waals surface area contributed by atoms with Gasteiger partial charge in [-0.3, -0.25) is 0 Å². The number of amides is 2. The largest absolute Gasteiger partial charge is 0.442 e. The van der Waals surface area contributed by atoms with Crippen LogP contribution in [0.4, 0.5) is 9.59 Å². The molecule has 1 aliphatic rings. The van der Waals surface area contributed by atoms with E-state index in [9.17, 15) is 14.4 Å². The van der Waals surface area contributed by atoms with Crippen LogP contribution in [0.15, 0.2) is 0 Å². The van der Waals surface area contributed by atoms with Gasteiger partial charge in [0, 0.05) is 0 Å². The summed E-state index contributed by atoms with van der Waals surface area (Å²) in [6, 6.07) is 0. The first kappa shape index (κ1) is 17.3. The summed E-state index contributed by atoms with van der Waals surface area (Å²) in [7, 11) is 0. The fourth-order valence-corrected chi connectivity index (χ4v) is 1.76. The van der Waals surface area contributed by atoms with Crippen LogP contribution >= 0.6 is 0 Å². The van der Waals surface area contributed by atoms with E-state index in [1.54, 1.807) is 41.5 Å². The molecule has 1 saturated heterocycles. The number of hydrazine groups is 1. The Balaban J connectivity index is 2.86. The van der Waals surface area contributed by atoms with Crippen molar-refractivity contribution in [3.05, 3.63) is 0 Å². The zero-order valence-electron chi connectivity index (χ0n) is 13.5. The van der Waals surface area contributed by atoms with Gasteiger partial charge in [-0.15, -0.1) is 0 Å². The highest BCUT2D eigenvalue weighted by atomic mass is 16.6. The summed E-state index contributed by atoms with van der Waals surface area (Å²) in [5.74, 6) is -0.440. The van der Waals surface area contributed by atoms with Crippen LogP contribution in [0.5, 0.6) is 0 Å². The molecule has 0 aromatic carbocycles. The summed E-state index contributed by atoms with van der Waals surface area (Å²) in [6.07, 6.45) is -0.614. The molecule has 1 aliphatic heterocycles. The number of carbonyl (C=O) groups is 3. The Labute approximate surface area is 125 Å². The van der Waals surface area contributed by atoms with Crippen LogP contribution in [-0.2, 0) is 14.3 Å². The summed E-state index contributed by atoms with van der Waals surface area (Å²) in [5, 5.41) is 2.25. The predicted octanol–water partition coefficient (Wildman–Crippen LogP) is 2.20. The molecule has 0 N–H and O–H groups in total. The topological polar surface area (TPSA) is 76.2 Å². The lowest BCUT2D eigenvalue weighted by Crippen LogP contribution is -2.48. The van der Waals surface area contributed by atoms with Crippen molar-refractivity contribution in [3.8, 4) is 0 Å². The molecule has 0 aliphatic carbocycles. The van der Waals surface area contributed by atoms with Crippen molar-refractivity contribution < 1.29 is 23.9 Å². The van der Waals surface area contributed by atoms with E-state index in [-0.39, 0.29) is 13.1 Å². The van der Waals surface area contributed by atoms with Crippen molar-refractivity contribution >= 4 is 18.5 Å². The maximum absolute atomic E-state index is 12.1. The number of hydrogen-bond acceptors (Lipinski definition) is 5. The Morgan fingerprint density at radius 3 is 1.48 bits per heavy atom. The molecule has 0 spiro atoms. The molecule has 0 radical (unpaired) electrons. The van der Waals surface area contributed by atoms with Crippen LogP contribution in [0, 0.1) is 5.92 Å². The van der Waals surface area contributed by atoms with Crippen LogP contribution in [0.3, 0.4) is 0 Å². The summed E-state index contributed by atoms with van der Waals surface area (Å²) < 4.78 is 10.5. The van der Waals surface area contributed by atoms with E-state index in [2.05, 4.69) is 0 Å². The molecule has 7 heteroatoms. The SMILES string of the molecule is CC(C)(C)OC(=O)N1CC(C=O)CN1C(=O)OC(C)(C)C. The Morgan fingerprint density at radius 1 is 0.905 bits per heavy atom. The van der Waals surface area contributed by atoms with E-state index in [4.69, 9.17) is 9.47 Å². The van der Waals surface area contributed by atoms with Crippen LogP contribution in [0.25, 0.3) is 0 Å². The average Bonchev–Trinajstić information content (AvgIpc) is 2.68. The molecule has 1 fully saturated rings. The van der Waals surface area contributed by atoms with Gasteiger partial charge in [0.15, 0.2) is 0 Å².